The number of hydrogen-bond acceptors (Lipinski definition) is 4. The molecule has 27 heavy (non-hydrogen) atoms. The number of fused-ring (bicyclic) bond motifs is 1. The Kier molecular flexibility index (Phi) is 4.69. The minimum absolute atomic E-state index is 0.0771. The predicted octanol–water partition coefficient (Wildman–Crippen LogP) is 3.59. The number of nitrogens with one attached hydrogen (secondary N) is 1. The van der Waals surface area contributed by atoms with E-state index in [9.17, 15) is 4.79 Å². The fraction of sp³-hybridized carbons (Fsp3) is 0.227. The summed E-state index contributed by atoms with van der Waals surface area (Å²) in [7, 11) is 0. The van der Waals surface area contributed by atoms with Gasteiger partial charge in [0, 0.05) is 41.0 Å². The number of aromatic nitrogens is 1. The fourth-order valence-corrected chi connectivity index (χ4v) is 3.53. The van der Waals surface area contributed by atoms with Crippen molar-refractivity contribution in [3.05, 3.63) is 65.5 Å². The summed E-state index contributed by atoms with van der Waals surface area (Å²) < 4.78 is 0. The topological polar surface area (TPSA) is 80.4 Å². The highest BCUT2D eigenvalue weighted by atomic mass is 16.2. The third-order valence-corrected chi connectivity index (χ3v) is 5.11. The monoisotopic (exact) mass is 358 g/mol. The van der Waals surface area contributed by atoms with Crippen LogP contribution in [0.1, 0.15) is 25.3 Å². The number of nitrogens with two attached hydrogens (primary N) is 1. The molecule has 4 rings (SSSR count). The van der Waals surface area contributed by atoms with Crippen LogP contribution in [-0.4, -0.2) is 29.7 Å². The van der Waals surface area contributed by atoms with E-state index < -0.39 is 0 Å². The Labute approximate surface area is 158 Å². The number of allylic oxidation sites excluding steroid dienone is 1. The van der Waals surface area contributed by atoms with Gasteiger partial charge in [0.05, 0.1) is 6.04 Å². The number of benzene rings is 1. The maximum absolute atomic E-state index is 12.6. The Morgan fingerprint density at radius 2 is 2.15 bits per heavy atom. The summed E-state index contributed by atoms with van der Waals surface area (Å²) in [4.78, 5) is 21.3. The van der Waals surface area contributed by atoms with Gasteiger partial charge in [-0.25, -0.2) is 0 Å². The highest BCUT2D eigenvalue weighted by Crippen LogP contribution is 2.36. The molecule has 0 aliphatic carbocycles. The minimum Gasteiger partial charge on any atom is -0.330 e. The number of hydrogen-bond donors (Lipinski definition) is 2. The summed E-state index contributed by atoms with van der Waals surface area (Å²) in [6.07, 6.45) is 9.34. The molecular weight excluding hydrogens is 336 g/mol. The number of rotatable bonds is 5. The number of pyridine rings is 1. The van der Waals surface area contributed by atoms with Crippen molar-refractivity contribution in [1.82, 2.24) is 4.98 Å². The summed E-state index contributed by atoms with van der Waals surface area (Å²) in [5.41, 5.74) is 12.5. The number of nitrogens with zero attached hydrogens (tertiary/aromatic N) is 2. The molecule has 2 aliphatic rings. The lowest BCUT2D eigenvalue weighted by atomic mass is 9.97. The lowest BCUT2D eigenvalue weighted by Crippen LogP contribution is -2.07. The van der Waals surface area contributed by atoms with Crippen molar-refractivity contribution in [3.63, 3.8) is 0 Å². The molecule has 0 spiro atoms. The van der Waals surface area contributed by atoms with Gasteiger partial charge in [0.1, 0.15) is 0 Å². The van der Waals surface area contributed by atoms with Gasteiger partial charge >= 0.3 is 0 Å². The van der Waals surface area contributed by atoms with Gasteiger partial charge in [0.2, 0.25) is 0 Å². The van der Waals surface area contributed by atoms with Crippen LogP contribution in [0.5, 0.6) is 0 Å². The molecule has 0 saturated carbocycles. The summed E-state index contributed by atoms with van der Waals surface area (Å²) in [5, 5.41) is 2.98. The lowest BCUT2D eigenvalue weighted by molar-refractivity contribution is -0.110. The number of carbonyl (C=O) groups excluding carboxylic acids is 1. The first kappa shape index (κ1) is 17.4. The first-order chi connectivity index (χ1) is 13.2. The van der Waals surface area contributed by atoms with E-state index in [-0.39, 0.29) is 11.9 Å². The molecule has 0 saturated heterocycles. The zero-order valence-electron chi connectivity index (χ0n) is 15.3. The van der Waals surface area contributed by atoms with Gasteiger partial charge in [-0.15, -0.1) is 0 Å². The second-order valence-electron chi connectivity index (χ2n) is 6.86. The SMILES string of the molecule is CC1=C(CCCN)C=NC1/C=C1\C(=O)Nc2cc(-c3cccnc3)ccc21. The van der Waals surface area contributed by atoms with Crippen LogP contribution < -0.4 is 11.1 Å². The molecule has 3 heterocycles. The number of anilines is 1. The quantitative estimate of drug-likeness (QED) is 0.802. The van der Waals surface area contributed by atoms with E-state index in [2.05, 4.69) is 22.2 Å². The van der Waals surface area contributed by atoms with Gasteiger partial charge < -0.3 is 11.1 Å². The highest BCUT2D eigenvalue weighted by Gasteiger charge is 2.27. The Balaban J connectivity index is 1.64. The summed E-state index contributed by atoms with van der Waals surface area (Å²) >= 11 is 0. The van der Waals surface area contributed by atoms with Crippen molar-refractivity contribution >= 4 is 23.4 Å². The van der Waals surface area contributed by atoms with Crippen molar-refractivity contribution < 1.29 is 4.79 Å². The van der Waals surface area contributed by atoms with E-state index in [1.165, 1.54) is 11.1 Å². The molecule has 3 N–H and O–H groups in total. The van der Waals surface area contributed by atoms with Gasteiger partial charge in [0.15, 0.2) is 0 Å². The van der Waals surface area contributed by atoms with E-state index in [1.807, 2.05) is 48.8 Å². The standard InChI is InChI=1S/C22H22N4O/c1-14-16(4-2-8-23)13-25-20(14)11-19-18-7-6-15(10-21(18)26-22(19)27)17-5-3-9-24-12-17/h3,5-7,9-13,20H,2,4,8,23H2,1H3,(H,26,27)/b19-11-. The van der Waals surface area contributed by atoms with Crippen LogP contribution in [0.25, 0.3) is 16.7 Å². The second-order valence-corrected chi connectivity index (χ2v) is 6.86. The molecule has 1 aromatic carbocycles. The van der Waals surface area contributed by atoms with Crippen molar-refractivity contribution in [2.75, 3.05) is 11.9 Å². The molecule has 1 unspecified atom stereocenters. The second kappa shape index (κ2) is 7.29. The van der Waals surface area contributed by atoms with E-state index in [4.69, 9.17) is 5.73 Å². The molecule has 0 bridgehead atoms. The minimum atomic E-state index is -0.0810. The van der Waals surface area contributed by atoms with Crippen LogP contribution in [0, 0.1) is 0 Å². The van der Waals surface area contributed by atoms with Crippen LogP contribution >= 0.6 is 0 Å². The fourth-order valence-electron chi connectivity index (χ4n) is 3.53. The molecule has 1 aromatic heterocycles. The molecule has 1 amide bonds. The average Bonchev–Trinajstić information content (AvgIpc) is 3.20. The van der Waals surface area contributed by atoms with Gasteiger partial charge in [-0.2, -0.15) is 0 Å². The maximum atomic E-state index is 12.6. The number of amides is 1. The third kappa shape index (κ3) is 3.34. The van der Waals surface area contributed by atoms with Gasteiger partial charge in [-0.05, 0) is 61.2 Å². The molecule has 5 heteroatoms. The molecule has 0 radical (unpaired) electrons. The normalized spacial score (nSPS) is 19.7. The van der Waals surface area contributed by atoms with Gasteiger partial charge in [-0.1, -0.05) is 18.2 Å². The first-order valence-corrected chi connectivity index (χ1v) is 9.18. The van der Waals surface area contributed by atoms with E-state index in [0.717, 1.165) is 35.2 Å². The van der Waals surface area contributed by atoms with Crippen LogP contribution in [0.4, 0.5) is 5.69 Å². The molecule has 136 valence electrons. The lowest BCUT2D eigenvalue weighted by Gasteiger charge is -2.07. The maximum Gasteiger partial charge on any atom is 0.256 e. The zero-order valence-corrected chi connectivity index (χ0v) is 15.3. The van der Waals surface area contributed by atoms with E-state index in [1.54, 1.807) is 6.20 Å². The summed E-state index contributed by atoms with van der Waals surface area (Å²) in [5.74, 6) is -0.0771. The molecule has 1 atom stereocenters. The van der Waals surface area contributed by atoms with Gasteiger partial charge in [-0.3, -0.25) is 14.8 Å². The number of carbonyl (C=O) groups is 1. The molecular formula is C22H22N4O. The molecule has 5 nitrogen and oxygen atoms in total. The van der Waals surface area contributed by atoms with Crippen LogP contribution in [0.3, 0.4) is 0 Å². The van der Waals surface area contributed by atoms with Crippen molar-refractivity contribution in [1.29, 1.82) is 0 Å². The Hall–Kier alpha value is -3.05. The van der Waals surface area contributed by atoms with Crippen molar-refractivity contribution in [2.45, 2.75) is 25.8 Å². The van der Waals surface area contributed by atoms with Crippen LogP contribution in [0.2, 0.25) is 0 Å². The summed E-state index contributed by atoms with van der Waals surface area (Å²) in [6.45, 7) is 2.76. The van der Waals surface area contributed by atoms with Crippen LogP contribution in [0.15, 0.2) is 64.9 Å². The highest BCUT2D eigenvalue weighted by molar-refractivity contribution is 6.31. The van der Waals surface area contributed by atoms with Crippen LogP contribution in [-0.2, 0) is 4.79 Å². The third-order valence-electron chi connectivity index (χ3n) is 5.11. The molecule has 0 fully saturated rings. The zero-order chi connectivity index (χ0) is 18.8. The van der Waals surface area contributed by atoms with E-state index in [0.29, 0.717) is 12.1 Å². The van der Waals surface area contributed by atoms with E-state index >= 15 is 0 Å². The Morgan fingerprint density at radius 1 is 1.26 bits per heavy atom. The predicted molar refractivity (Wildman–Crippen MR) is 110 cm³/mol. The summed E-state index contributed by atoms with van der Waals surface area (Å²) in [6, 6.07) is 9.85. The Morgan fingerprint density at radius 3 is 2.93 bits per heavy atom. The largest absolute Gasteiger partial charge is 0.330 e. The molecule has 2 aromatic rings. The smallest absolute Gasteiger partial charge is 0.256 e. The number of aliphatic imine (C=N–C) groups is 1. The average molecular weight is 358 g/mol. The van der Waals surface area contributed by atoms with Gasteiger partial charge in [0.25, 0.3) is 5.91 Å². The first-order valence-electron chi connectivity index (χ1n) is 9.18. The molecule has 2 aliphatic heterocycles. The van der Waals surface area contributed by atoms with Crippen molar-refractivity contribution in [2.24, 2.45) is 10.7 Å². The van der Waals surface area contributed by atoms with Crippen molar-refractivity contribution in [3.8, 4) is 11.1 Å². The Bertz CT molecular complexity index is 973.